The van der Waals surface area contributed by atoms with Crippen molar-refractivity contribution in [2.75, 3.05) is 25.0 Å². The van der Waals surface area contributed by atoms with Crippen LogP contribution in [0.1, 0.15) is 92.4 Å². The van der Waals surface area contributed by atoms with E-state index in [1.54, 1.807) is 6.33 Å². The summed E-state index contributed by atoms with van der Waals surface area (Å²) in [6.45, 7) is 10.2. The lowest BCUT2D eigenvalue weighted by molar-refractivity contribution is 0.102. The first-order valence-corrected chi connectivity index (χ1v) is 15.2. The van der Waals surface area contributed by atoms with Crippen LogP contribution in [-0.4, -0.2) is 50.3 Å². The number of benzene rings is 1. The van der Waals surface area contributed by atoms with Gasteiger partial charge in [0.25, 0.3) is 5.91 Å². The molecule has 0 radical (unpaired) electrons. The fraction of sp³-hybridized carbons (Fsp3) is 0.545. The van der Waals surface area contributed by atoms with Crippen molar-refractivity contribution < 1.29 is 9.53 Å². The molecular formula is C33H41N7O2. The molecule has 2 fully saturated rings. The van der Waals surface area contributed by atoms with E-state index >= 15 is 0 Å². The number of carbonyl (C=O) groups is 1. The van der Waals surface area contributed by atoms with Crippen molar-refractivity contribution in [2.45, 2.75) is 76.7 Å². The Morgan fingerprint density at radius 2 is 2.10 bits per heavy atom. The Hall–Kier alpha value is -3.77. The quantitative estimate of drug-likeness (QED) is 0.409. The summed E-state index contributed by atoms with van der Waals surface area (Å²) in [6, 6.07) is 12.3. The van der Waals surface area contributed by atoms with Crippen LogP contribution >= 0.6 is 0 Å². The molecule has 0 bridgehead atoms. The van der Waals surface area contributed by atoms with Crippen molar-refractivity contribution in [3.05, 3.63) is 65.0 Å². The Bertz CT molecular complexity index is 1510. The molecule has 6 rings (SSSR count). The van der Waals surface area contributed by atoms with Gasteiger partial charge < -0.3 is 14.6 Å². The number of hydrogen-bond acceptors (Lipinski definition) is 7. The van der Waals surface area contributed by atoms with Crippen LogP contribution in [0.5, 0.6) is 5.75 Å². The second kappa shape index (κ2) is 11.1. The molecule has 1 N–H and O–H groups in total. The summed E-state index contributed by atoms with van der Waals surface area (Å²) in [4.78, 5) is 21.2. The molecule has 1 atom stereocenters. The van der Waals surface area contributed by atoms with Gasteiger partial charge in [-0.3, -0.25) is 9.69 Å². The number of ether oxygens (including phenoxy) is 1. The van der Waals surface area contributed by atoms with Crippen molar-refractivity contribution in [1.82, 2.24) is 24.6 Å². The number of anilines is 1. The topological polar surface area (TPSA) is 109 Å². The third-order valence-corrected chi connectivity index (χ3v) is 9.50. The van der Waals surface area contributed by atoms with E-state index in [4.69, 9.17) is 9.72 Å². The average Bonchev–Trinajstić information content (AvgIpc) is 3.36. The summed E-state index contributed by atoms with van der Waals surface area (Å²) < 4.78 is 8.16. The van der Waals surface area contributed by atoms with Crippen molar-refractivity contribution >= 4 is 11.6 Å². The average molecular weight is 568 g/mol. The molecule has 1 saturated carbocycles. The number of fused-ring (bicyclic) bond motifs is 1. The minimum Gasteiger partial charge on any atom is -0.491 e. The van der Waals surface area contributed by atoms with Crippen molar-refractivity contribution in [3.8, 4) is 11.8 Å². The van der Waals surface area contributed by atoms with Crippen LogP contribution in [0.25, 0.3) is 0 Å². The smallest absolute Gasteiger partial charge is 0.274 e. The zero-order valence-electron chi connectivity index (χ0n) is 25.2. The molecule has 9 nitrogen and oxygen atoms in total. The first kappa shape index (κ1) is 28.4. The molecule has 1 saturated heterocycles. The maximum Gasteiger partial charge on any atom is 0.274 e. The van der Waals surface area contributed by atoms with Crippen LogP contribution in [0.3, 0.4) is 0 Å². The Balaban J connectivity index is 1.30. The standard InChI is InChI=1S/C33H41N7O2/c1-22-7-6-13-40(19-22)20-24-15-27(37-29-28(24)42-14-11-32(29,2)3)30(41)36-26-9-5-8-25(16-26)33(17-23(18-33)10-12-34)31-38-35-21-39(31)4/h5,8-9,15-16,21-23H,6-7,10-11,13-14,17-20H2,1-4H3,(H,36,41)/t22-,23?,33?/m0/s1. The Kier molecular flexibility index (Phi) is 7.52. The number of nitrogens with zero attached hydrogens (tertiary/aromatic N) is 6. The molecule has 0 spiro atoms. The van der Waals surface area contributed by atoms with Crippen LogP contribution in [0.15, 0.2) is 36.7 Å². The molecule has 1 aliphatic carbocycles. The van der Waals surface area contributed by atoms with Gasteiger partial charge in [0.05, 0.1) is 23.8 Å². The number of aromatic nitrogens is 4. The van der Waals surface area contributed by atoms with Gasteiger partial charge in [-0.25, -0.2) is 4.98 Å². The van der Waals surface area contributed by atoms with E-state index in [-0.39, 0.29) is 16.7 Å². The molecule has 3 aromatic rings. The molecule has 4 heterocycles. The highest BCUT2D eigenvalue weighted by Crippen LogP contribution is 2.53. The molecule has 9 heteroatoms. The first-order valence-electron chi connectivity index (χ1n) is 15.2. The van der Waals surface area contributed by atoms with Gasteiger partial charge in [-0.05, 0) is 74.2 Å². The van der Waals surface area contributed by atoms with Gasteiger partial charge in [-0.15, -0.1) is 10.2 Å². The summed E-state index contributed by atoms with van der Waals surface area (Å²) in [5.41, 5.74) is 3.59. The minimum atomic E-state index is -0.336. The number of rotatable bonds is 7. The number of carbonyl (C=O) groups excluding carboxylic acids is 1. The lowest BCUT2D eigenvalue weighted by atomic mass is 9.57. The maximum atomic E-state index is 13.8. The number of piperidine rings is 1. The molecule has 220 valence electrons. The van der Waals surface area contributed by atoms with Gasteiger partial charge in [0.2, 0.25) is 0 Å². The predicted molar refractivity (Wildman–Crippen MR) is 160 cm³/mol. The normalized spacial score (nSPS) is 25.0. The number of aryl methyl sites for hydroxylation is 1. The highest BCUT2D eigenvalue weighted by atomic mass is 16.5. The monoisotopic (exact) mass is 567 g/mol. The van der Waals surface area contributed by atoms with Crippen LogP contribution in [-0.2, 0) is 24.4 Å². The summed E-state index contributed by atoms with van der Waals surface area (Å²) in [5.74, 6) is 2.49. The highest BCUT2D eigenvalue weighted by molar-refractivity contribution is 6.03. The molecule has 2 aliphatic heterocycles. The largest absolute Gasteiger partial charge is 0.491 e. The lowest BCUT2D eigenvalue weighted by Crippen LogP contribution is -2.44. The molecule has 3 aliphatic rings. The first-order chi connectivity index (χ1) is 20.2. The molecule has 42 heavy (non-hydrogen) atoms. The maximum absolute atomic E-state index is 13.8. The van der Waals surface area contributed by atoms with E-state index in [1.807, 2.05) is 35.9 Å². The molecular weight excluding hydrogens is 526 g/mol. The number of pyridine rings is 1. The summed E-state index contributed by atoms with van der Waals surface area (Å²) in [6.07, 6.45) is 7.20. The highest BCUT2D eigenvalue weighted by Gasteiger charge is 2.49. The Morgan fingerprint density at radius 3 is 2.83 bits per heavy atom. The van der Waals surface area contributed by atoms with Crippen molar-refractivity contribution in [1.29, 1.82) is 5.26 Å². The van der Waals surface area contributed by atoms with E-state index in [9.17, 15) is 10.1 Å². The Labute approximate surface area is 248 Å². The van der Waals surface area contributed by atoms with Crippen LogP contribution in [0, 0.1) is 23.2 Å². The number of likely N-dealkylation sites (tertiary alicyclic amines) is 1. The molecule has 0 unspecified atom stereocenters. The van der Waals surface area contributed by atoms with Gasteiger partial charge in [0, 0.05) is 43.2 Å². The predicted octanol–water partition coefficient (Wildman–Crippen LogP) is 5.36. The molecule has 1 amide bonds. The lowest BCUT2D eigenvalue weighted by Gasteiger charge is -2.46. The SMILES string of the molecule is C[C@H]1CCCN(Cc2cc(C(=O)Nc3cccc(C4(c5nncn5C)CC(CC#N)C4)c3)nc3c2OCCC3(C)C)C1. The fourth-order valence-corrected chi connectivity index (χ4v) is 7.19. The van der Waals surface area contributed by atoms with Gasteiger partial charge in [0.15, 0.2) is 0 Å². The third-order valence-electron chi connectivity index (χ3n) is 9.50. The summed E-state index contributed by atoms with van der Waals surface area (Å²) in [5, 5.41) is 21.0. The van der Waals surface area contributed by atoms with Gasteiger partial charge in [-0.1, -0.05) is 32.9 Å². The van der Waals surface area contributed by atoms with Gasteiger partial charge in [0.1, 0.15) is 23.6 Å². The van der Waals surface area contributed by atoms with Crippen molar-refractivity contribution in [2.24, 2.45) is 18.9 Å². The van der Waals surface area contributed by atoms with Gasteiger partial charge >= 0.3 is 0 Å². The summed E-state index contributed by atoms with van der Waals surface area (Å²) in [7, 11) is 1.95. The van der Waals surface area contributed by atoms with Crippen LogP contribution in [0.2, 0.25) is 0 Å². The van der Waals surface area contributed by atoms with Crippen LogP contribution in [0.4, 0.5) is 5.69 Å². The fourth-order valence-electron chi connectivity index (χ4n) is 7.19. The second-order valence-corrected chi connectivity index (χ2v) is 13.3. The van der Waals surface area contributed by atoms with E-state index in [0.717, 1.165) is 67.3 Å². The number of nitriles is 1. The minimum absolute atomic E-state index is 0.180. The van der Waals surface area contributed by atoms with E-state index in [2.05, 4.69) is 53.3 Å². The van der Waals surface area contributed by atoms with Crippen molar-refractivity contribution in [3.63, 3.8) is 0 Å². The number of amides is 1. The molecule has 2 aromatic heterocycles. The second-order valence-electron chi connectivity index (χ2n) is 13.3. The van der Waals surface area contributed by atoms with Crippen LogP contribution < -0.4 is 10.1 Å². The number of hydrogen-bond donors (Lipinski definition) is 1. The van der Waals surface area contributed by atoms with E-state index in [1.165, 1.54) is 12.8 Å². The summed E-state index contributed by atoms with van der Waals surface area (Å²) >= 11 is 0. The zero-order valence-corrected chi connectivity index (χ0v) is 25.2. The van der Waals surface area contributed by atoms with Gasteiger partial charge in [-0.2, -0.15) is 5.26 Å². The number of nitrogens with one attached hydrogen (secondary N) is 1. The third kappa shape index (κ3) is 5.29. The molecule has 1 aromatic carbocycles. The van der Waals surface area contributed by atoms with E-state index in [0.29, 0.717) is 36.2 Å². The Morgan fingerprint density at radius 1 is 1.26 bits per heavy atom. The zero-order chi connectivity index (χ0) is 29.5. The van der Waals surface area contributed by atoms with E-state index < -0.39 is 0 Å².